The Hall–Kier alpha value is -1.36. The molecule has 106 valence electrons. The van der Waals surface area contributed by atoms with Crippen molar-refractivity contribution in [2.24, 2.45) is 0 Å². The van der Waals surface area contributed by atoms with Crippen LogP contribution in [0.5, 0.6) is 0 Å². The SMILES string of the molecule is CCc1c(NC)ncnc1NCC1CCCCN1C. The number of anilines is 2. The van der Waals surface area contributed by atoms with Crippen LogP contribution in [-0.2, 0) is 6.42 Å². The van der Waals surface area contributed by atoms with Crippen LogP contribution in [0.15, 0.2) is 6.33 Å². The van der Waals surface area contributed by atoms with Crippen molar-refractivity contribution in [2.45, 2.75) is 38.6 Å². The molecule has 2 heterocycles. The van der Waals surface area contributed by atoms with Crippen molar-refractivity contribution in [3.8, 4) is 0 Å². The van der Waals surface area contributed by atoms with E-state index in [1.165, 1.54) is 31.4 Å². The summed E-state index contributed by atoms with van der Waals surface area (Å²) in [4.78, 5) is 11.1. The molecule has 0 bridgehead atoms. The zero-order valence-corrected chi connectivity index (χ0v) is 12.2. The Balaban J connectivity index is 2.02. The molecule has 0 aromatic carbocycles. The number of likely N-dealkylation sites (tertiary alicyclic amines) is 1. The highest BCUT2D eigenvalue weighted by Gasteiger charge is 2.19. The summed E-state index contributed by atoms with van der Waals surface area (Å²) in [6.07, 6.45) is 6.49. The first kappa shape index (κ1) is 14.1. The van der Waals surface area contributed by atoms with Gasteiger partial charge in [0.1, 0.15) is 18.0 Å². The van der Waals surface area contributed by atoms with Crippen molar-refractivity contribution in [3.05, 3.63) is 11.9 Å². The Morgan fingerprint density at radius 2 is 2.11 bits per heavy atom. The second kappa shape index (κ2) is 6.70. The van der Waals surface area contributed by atoms with E-state index in [2.05, 4.69) is 39.5 Å². The van der Waals surface area contributed by atoms with Crippen LogP contribution >= 0.6 is 0 Å². The van der Waals surface area contributed by atoms with E-state index < -0.39 is 0 Å². The lowest BCUT2D eigenvalue weighted by Crippen LogP contribution is -2.41. The van der Waals surface area contributed by atoms with Crippen molar-refractivity contribution in [1.29, 1.82) is 0 Å². The largest absolute Gasteiger partial charge is 0.373 e. The molecule has 19 heavy (non-hydrogen) atoms. The summed E-state index contributed by atoms with van der Waals surface area (Å²) in [6, 6.07) is 0.617. The maximum absolute atomic E-state index is 4.39. The smallest absolute Gasteiger partial charge is 0.134 e. The highest BCUT2D eigenvalue weighted by molar-refractivity contribution is 5.57. The molecule has 0 aliphatic carbocycles. The molecule has 0 amide bonds. The molecule has 5 nitrogen and oxygen atoms in total. The van der Waals surface area contributed by atoms with Gasteiger partial charge in [-0.05, 0) is 32.9 Å². The number of nitrogens with one attached hydrogen (secondary N) is 2. The zero-order chi connectivity index (χ0) is 13.7. The molecule has 1 aliphatic heterocycles. The summed E-state index contributed by atoms with van der Waals surface area (Å²) in [5.74, 6) is 1.90. The molecule has 5 heteroatoms. The molecule has 1 aliphatic rings. The zero-order valence-electron chi connectivity index (χ0n) is 12.2. The van der Waals surface area contributed by atoms with Gasteiger partial charge < -0.3 is 15.5 Å². The van der Waals surface area contributed by atoms with Gasteiger partial charge in [-0.15, -0.1) is 0 Å². The number of hydrogen-bond donors (Lipinski definition) is 2. The van der Waals surface area contributed by atoms with Crippen LogP contribution in [0.1, 0.15) is 31.7 Å². The van der Waals surface area contributed by atoms with E-state index in [9.17, 15) is 0 Å². The Labute approximate surface area is 115 Å². The Morgan fingerprint density at radius 1 is 1.32 bits per heavy atom. The molecule has 2 N–H and O–H groups in total. The van der Waals surface area contributed by atoms with Crippen LogP contribution in [0.2, 0.25) is 0 Å². The average molecular weight is 263 g/mol. The quantitative estimate of drug-likeness (QED) is 0.850. The molecule has 0 spiro atoms. The summed E-state index contributed by atoms with van der Waals surface area (Å²) in [5, 5.41) is 6.64. The fourth-order valence-corrected chi connectivity index (χ4v) is 2.73. The van der Waals surface area contributed by atoms with E-state index in [0.29, 0.717) is 6.04 Å². The number of rotatable bonds is 5. The lowest BCUT2D eigenvalue weighted by molar-refractivity contribution is 0.194. The molecule has 1 unspecified atom stereocenters. The van der Waals surface area contributed by atoms with Crippen LogP contribution in [0.3, 0.4) is 0 Å². The van der Waals surface area contributed by atoms with Crippen LogP contribution in [0, 0.1) is 0 Å². The molecular formula is C14H25N5. The van der Waals surface area contributed by atoms with Gasteiger partial charge in [0, 0.05) is 25.2 Å². The topological polar surface area (TPSA) is 53.1 Å². The van der Waals surface area contributed by atoms with E-state index in [0.717, 1.165) is 24.6 Å². The first-order valence-corrected chi connectivity index (χ1v) is 7.22. The number of nitrogens with zero attached hydrogens (tertiary/aromatic N) is 3. The van der Waals surface area contributed by atoms with E-state index in [4.69, 9.17) is 0 Å². The third-order valence-corrected chi connectivity index (χ3v) is 3.96. The second-order valence-electron chi connectivity index (χ2n) is 5.16. The van der Waals surface area contributed by atoms with Crippen LogP contribution in [0.25, 0.3) is 0 Å². The Kier molecular flexibility index (Phi) is 4.96. The van der Waals surface area contributed by atoms with Crippen molar-refractivity contribution >= 4 is 11.6 Å². The van der Waals surface area contributed by atoms with Crippen molar-refractivity contribution in [1.82, 2.24) is 14.9 Å². The summed E-state index contributed by atoms with van der Waals surface area (Å²) in [6.45, 7) is 4.31. The molecule has 1 fully saturated rings. The predicted molar refractivity (Wildman–Crippen MR) is 79.7 cm³/mol. The summed E-state index contributed by atoms with van der Waals surface area (Å²) in [5.41, 5.74) is 1.17. The van der Waals surface area contributed by atoms with E-state index in [-0.39, 0.29) is 0 Å². The number of piperidine rings is 1. The fraction of sp³-hybridized carbons (Fsp3) is 0.714. The minimum Gasteiger partial charge on any atom is -0.373 e. The van der Waals surface area contributed by atoms with Gasteiger partial charge in [0.25, 0.3) is 0 Å². The minimum absolute atomic E-state index is 0.617. The average Bonchev–Trinajstić information content (AvgIpc) is 2.45. The maximum Gasteiger partial charge on any atom is 0.134 e. The van der Waals surface area contributed by atoms with E-state index in [1.807, 2.05) is 7.05 Å². The van der Waals surface area contributed by atoms with Crippen LogP contribution in [-0.4, -0.2) is 48.1 Å². The molecule has 0 saturated carbocycles. The van der Waals surface area contributed by atoms with Crippen molar-refractivity contribution in [2.75, 3.05) is 37.8 Å². The highest BCUT2D eigenvalue weighted by Crippen LogP contribution is 2.21. The number of aromatic nitrogens is 2. The summed E-state index contributed by atoms with van der Waals surface area (Å²) >= 11 is 0. The number of likely N-dealkylation sites (N-methyl/N-ethyl adjacent to an activating group) is 1. The normalized spacial score (nSPS) is 20.3. The van der Waals surface area contributed by atoms with Gasteiger partial charge in [-0.2, -0.15) is 0 Å². The minimum atomic E-state index is 0.617. The van der Waals surface area contributed by atoms with Crippen LogP contribution < -0.4 is 10.6 Å². The highest BCUT2D eigenvalue weighted by atomic mass is 15.2. The molecule has 1 atom stereocenters. The van der Waals surface area contributed by atoms with Crippen LogP contribution in [0.4, 0.5) is 11.6 Å². The maximum atomic E-state index is 4.39. The van der Waals surface area contributed by atoms with Gasteiger partial charge in [-0.1, -0.05) is 13.3 Å². The molecule has 2 rings (SSSR count). The van der Waals surface area contributed by atoms with Gasteiger partial charge in [-0.25, -0.2) is 9.97 Å². The lowest BCUT2D eigenvalue weighted by Gasteiger charge is -2.32. The predicted octanol–water partition coefficient (Wildman–Crippen LogP) is 1.98. The third kappa shape index (κ3) is 3.35. The standard InChI is InChI=1S/C14H25N5/c1-4-12-13(15-2)17-10-18-14(12)16-9-11-7-5-6-8-19(11)3/h10-11H,4-9H2,1-3H3,(H2,15,16,17,18). The first-order chi connectivity index (χ1) is 9.26. The van der Waals surface area contributed by atoms with Crippen molar-refractivity contribution in [3.63, 3.8) is 0 Å². The first-order valence-electron chi connectivity index (χ1n) is 7.22. The van der Waals surface area contributed by atoms with Gasteiger partial charge >= 0.3 is 0 Å². The Bertz CT molecular complexity index is 407. The van der Waals surface area contributed by atoms with Gasteiger partial charge in [0.15, 0.2) is 0 Å². The van der Waals surface area contributed by atoms with E-state index in [1.54, 1.807) is 6.33 Å². The van der Waals surface area contributed by atoms with Crippen molar-refractivity contribution < 1.29 is 0 Å². The Morgan fingerprint density at radius 3 is 2.79 bits per heavy atom. The lowest BCUT2D eigenvalue weighted by atomic mass is 10.0. The monoisotopic (exact) mass is 263 g/mol. The third-order valence-electron chi connectivity index (χ3n) is 3.96. The van der Waals surface area contributed by atoms with E-state index >= 15 is 0 Å². The summed E-state index contributed by atoms with van der Waals surface area (Å²) < 4.78 is 0. The molecule has 1 saturated heterocycles. The molecular weight excluding hydrogens is 238 g/mol. The molecule has 1 aromatic rings. The van der Waals surface area contributed by atoms with Gasteiger partial charge in [-0.3, -0.25) is 0 Å². The fourth-order valence-electron chi connectivity index (χ4n) is 2.73. The second-order valence-corrected chi connectivity index (χ2v) is 5.16. The van der Waals surface area contributed by atoms with Gasteiger partial charge in [0.2, 0.25) is 0 Å². The number of hydrogen-bond acceptors (Lipinski definition) is 5. The van der Waals surface area contributed by atoms with Gasteiger partial charge in [0.05, 0.1) is 0 Å². The summed E-state index contributed by atoms with van der Waals surface area (Å²) in [7, 11) is 4.12. The molecule has 1 aromatic heterocycles. The molecule has 0 radical (unpaired) electrons.